The van der Waals surface area contributed by atoms with Gasteiger partial charge in [-0.15, -0.1) is 0 Å². The molecule has 5 rings (SSSR count). The van der Waals surface area contributed by atoms with Crippen LogP contribution in [0.15, 0.2) is 36.4 Å². The van der Waals surface area contributed by atoms with Gasteiger partial charge in [0.1, 0.15) is 11.6 Å². The van der Waals surface area contributed by atoms with Gasteiger partial charge in [0, 0.05) is 18.3 Å². The Morgan fingerprint density at radius 1 is 1.14 bits per heavy atom. The zero-order valence-electron chi connectivity index (χ0n) is 22.4. The van der Waals surface area contributed by atoms with E-state index < -0.39 is 29.6 Å². The van der Waals surface area contributed by atoms with Crippen LogP contribution in [-0.4, -0.2) is 53.0 Å². The molecular weight excluding hydrogens is 466 g/mol. The van der Waals surface area contributed by atoms with Crippen LogP contribution in [0.25, 0.3) is 0 Å². The van der Waals surface area contributed by atoms with E-state index in [1.165, 1.54) is 6.42 Å². The van der Waals surface area contributed by atoms with Crippen LogP contribution in [0.1, 0.15) is 70.8 Å². The standard InChI is InChI=1S/C30H41N3O4/c1-4-5-6-9-17-33-26(28(35)32-22-14-8-7-12-20(22)3)30-16-15-23(37-30)24(25(30)29(33)36)27(34)31-21-13-10-11-19(2)18-21/h10-11,13,15-16,18,20,22-26H,4-9,12,14,17H2,1-3H3,(H,31,34)(H,32,35)/t20-,22+,23+,24+,25+,26-,30-/m0/s1. The lowest BCUT2D eigenvalue weighted by atomic mass is 9.74. The fourth-order valence-corrected chi connectivity index (χ4v) is 6.96. The van der Waals surface area contributed by atoms with Gasteiger partial charge in [0.2, 0.25) is 17.7 Å². The molecule has 0 radical (unpaired) electrons. The number of carbonyl (C=O) groups is 3. The number of likely N-dealkylation sites (tertiary alicyclic amines) is 1. The van der Waals surface area contributed by atoms with Crippen molar-refractivity contribution in [3.8, 4) is 0 Å². The Bertz CT molecular complexity index is 1070. The zero-order chi connectivity index (χ0) is 26.2. The topological polar surface area (TPSA) is 87.7 Å². The molecule has 1 aromatic carbocycles. The number of ether oxygens (including phenoxy) is 1. The molecule has 3 heterocycles. The molecule has 7 heteroatoms. The van der Waals surface area contributed by atoms with Crippen LogP contribution in [0, 0.1) is 24.7 Å². The summed E-state index contributed by atoms with van der Waals surface area (Å²) in [6.07, 6.45) is 11.7. The normalized spacial score (nSPS) is 34.0. The minimum Gasteiger partial charge on any atom is -0.359 e. The lowest BCUT2D eigenvalue weighted by Crippen LogP contribution is -2.57. The molecule has 7 atom stereocenters. The molecule has 1 aliphatic carbocycles. The number of anilines is 1. The summed E-state index contributed by atoms with van der Waals surface area (Å²) in [6, 6.07) is 6.99. The highest BCUT2D eigenvalue weighted by atomic mass is 16.5. The number of carbonyl (C=O) groups excluding carboxylic acids is 3. The largest absolute Gasteiger partial charge is 0.359 e. The van der Waals surface area contributed by atoms with Crippen molar-refractivity contribution in [2.75, 3.05) is 11.9 Å². The minimum absolute atomic E-state index is 0.108. The number of hydrogen-bond donors (Lipinski definition) is 2. The van der Waals surface area contributed by atoms with Crippen molar-refractivity contribution in [1.82, 2.24) is 10.2 Å². The van der Waals surface area contributed by atoms with E-state index in [0.29, 0.717) is 18.2 Å². The van der Waals surface area contributed by atoms with E-state index >= 15 is 0 Å². The third kappa shape index (κ3) is 4.71. The zero-order valence-corrected chi connectivity index (χ0v) is 22.4. The molecule has 3 fully saturated rings. The van der Waals surface area contributed by atoms with Crippen LogP contribution in [-0.2, 0) is 19.1 Å². The van der Waals surface area contributed by atoms with Gasteiger partial charge in [-0.3, -0.25) is 14.4 Å². The first kappa shape index (κ1) is 26.0. The predicted octanol–water partition coefficient (Wildman–Crippen LogP) is 4.36. The number of fused-ring (bicyclic) bond motifs is 1. The maximum absolute atomic E-state index is 14.0. The average molecular weight is 508 g/mol. The molecule has 3 aliphatic heterocycles. The van der Waals surface area contributed by atoms with Crippen LogP contribution in [0.4, 0.5) is 5.69 Å². The Hall–Kier alpha value is -2.67. The quantitative estimate of drug-likeness (QED) is 0.384. The molecule has 200 valence electrons. The van der Waals surface area contributed by atoms with Gasteiger partial charge in [0.05, 0.1) is 17.9 Å². The summed E-state index contributed by atoms with van der Waals surface area (Å²) >= 11 is 0. The molecule has 2 N–H and O–H groups in total. The van der Waals surface area contributed by atoms with Crippen molar-refractivity contribution in [1.29, 1.82) is 0 Å². The Kier molecular flexibility index (Phi) is 7.44. The van der Waals surface area contributed by atoms with Gasteiger partial charge >= 0.3 is 0 Å². The van der Waals surface area contributed by atoms with Gasteiger partial charge in [0.15, 0.2) is 0 Å². The SMILES string of the molecule is CCCCCCN1C(=O)[C@H]2[C@H](C(=O)Nc3cccc(C)c3)[C@H]3C=C[C@@]2(O3)[C@@H]1C(=O)N[C@@H]1CCCC[C@@H]1C. The Balaban J connectivity index is 1.41. The fourth-order valence-electron chi connectivity index (χ4n) is 6.96. The summed E-state index contributed by atoms with van der Waals surface area (Å²) in [5.41, 5.74) is 0.652. The third-order valence-electron chi connectivity index (χ3n) is 8.90. The number of hydrogen-bond acceptors (Lipinski definition) is 4. The van der Waals surface area contributed by atoms with E-state index in [4.69, 9.17) is 4.74 Å². The fraction of sp³-hybridized carbons (Fsp3) is 0.633. The summed E-state index contributed by atoms with van der Waals surface area (Å²) in [4.78, 5) is 43.2. The van der Waals surface area contributed by atoms with E-state index in [9.17, 15) is 14.4 Å². The number of amides is 3. The van der Waals surface area contributed by atoms with Gasteiger partial charge in [-0.1, -0.05) is 70.2 Å². The maximum atomic E-state index is 14.0. The summed E-state index contributed by atoms with van der Waals surface area (Å²) in [5.74, 6) is -1.46. The van der Waals surface area contributed by atoms with Crippen molar-refractivity contribution >= 4 is 23.4 Å². The van der Waals surface area contributed by atoms with Gasteiger partial charge in [-0.05, 0) is 49.8 Å². The molecule has 2 saturated heterocycles. The highest BCUT2D eigenvalue weighted by Gasteiger charge is 2.72. The monoisotopic (exact) mass is 507 g/mol. The van der Waals surface area contributed by atoms with E-state index in [1.807, 2.05) is 43.3 Å². The van der Waals surface area contributed by atoms with Gasteiger partial charge in [-0.25, -0.2) is 0 Å². The first-order valence-electron chi connectivity index (χ1n) is 14.2. The Morgan fingerprint density at radius 3 is 2.70 bits per heavy atom. The lowest BCUT2D eigenvalue weighted by Gasteiger charge is -2.36. The minimum atomic E-state index is -1.09. The molecule has 2 bridgehead atoms. The highest BCUT2D eigenvalue weighted by Crippen LogP contribution is 2.55. The second-order valence-electron chi connectivity index (χ2n) is 11.5. The lowest BCUT2D eigenvalue weighted by molar-refractivity contribution is -0.141. The number of unbranched alkanes of at least 4 members (excludes halogenated alkanes) is 3. The number of nitrogens with one attached hydrogen (secondary N) is 2. The Labute approximate surface area is 220 Å². The molecule has 0 aromatic heterocycles. The molecule has 1 saturated carbocycles. The van der Waals surface area contributed by atoms with E-state index in [1.54, 1.807) is 4.90 Å². The summed E-state index contributed by atoms with van der Waals surface area (Å²) < 4.78 is 6.46. The van der Waals surface area contributed by atoms with Gasteiger partial charge < -0.3 is 20.3 Å². The molecule has 37 heavy (non-hydrogen) atoms. The van der Waals surface area contributed by atoms with Crippen LogP contribution < -0.4 is 10.6 Å². The molecular formula is C30H41N3O4. The number of benzene rings is 1. The smallest absolute Gasteiger partial charge is 0.246 e. The molecule has 4 aliphatic rings. The molecule has 1 spiro atoms. The maximum Gasteiger partial charge on any atom is 0.246 e. The van der Waals surface area contributed by atoms with Gasteiger partial charge in [0.25, 0.3) is 0 Å². The van der Waals surface area contributed by atoms with Crippen LogP contribution in [0.5, 0.6) is 0 Å². The highest BCUT2D eigenvalue weighted by molar-refractivity contribution is 6.02. The second-order valence-corrected chi connectivity index (χ2v) is 11.5. The average Bonchev–Trinajstić information content (AvgIpc) is 3.51. The molecule has 0 unspecified atom stereocenters. The summed E-state index contributed by atoms with van der Waals surface area (Å²) in [5, 5.41) is 6.30. The predicted molar refractivity (Wildman–Crippen MR) is 143 cm³/mol. The molecule has 1 aromatic rings. The first-order chi connectivity index (χ1) is 17.9. The number of rotatable bonds is 9. The second kappa shape index (κ2) is 10.6. The van der Waals surface area contributed by atoms with E-state index in [0.717, 1.165) is 50.5 Å². The Morgan fingerprint density at radius 2 is 1.95 bits per heavy atom. The third-order valence-corrected chi connectivity index (χ3v) is 8.90. The summed E-state index contributed by atoms with van der Waals surface area (Å²) in [7, 11) is 0. The molecule has 3 amide bonds. The van der Waals surface area contributed by atoms with E-state index in [-0.39, 0.29) is 23.8 Å². The van der Waals surface area contributed by atoms with Crippen molar-refractivity contribution in [2.45, 2.75) is 95.9 Å². The van der Waals surface area contributed by atoms with Gasteiger partial charge in [-0.2, -0.15) is 0 Å². The van der Waals surface area contributed by atoms with Crippen molar-refractivity contribution in [3.05, 3.63) is 42.0 Å². The van der Waals surface area contributed by atoms with Crippen LogP contribution in [0.3, 0.4) is 0 Å². The van der Waals surface area contributed by atoms with Crippen molar-refractivity contribution in [2.24, 2.45) is 17.8 Å². The summed E-state index contributed by atoms with van der Waals surface area (Å²) in [6.45, 7) is 6.82. The number of aryl methyl sites for hydroxylation is 1. The van der Waals surface area contributed by atoms with Crippen LogP contribution in [0.2, 0.25) is 0 Å². The van der Waals surface area contributed by atoms with Crippen molar-refractivity contribution < 1.29 is 19.1 Å². The number of nitrogens with zero attached hydrogens (tertiary/aromatic N) is 1. The van der Waals surface area contributed by atoms with Crippen LogP contribution >= 0.6 is 0 Å². The first-order valence-corrected chi connectivity index (χ1v) is 14.2. The van der Waals surface area contributed by atoms with Crippen molar-refractivity contribution in [3.63, 3.8) is 0 Å². The van der Waals surface area contributed by atoms with E-state index in [2.05, 4.69) is 24.5 Å². The molecule has 7 nitrogen and oxygen atoms in total.